The van der Waals surface area contributed by atoms with E-state index in [0.717, 1.165) is 33.3 Å². The molecule has 0 spiro atoms. The minimum absolute atomic E-state index is 0.0426. The SMILES string of the molecule is CCOc1ccc(/C=C2/SC(=Nc3ccccc3)N([C@@H](C)c3ccccc3)C2=O)c2ccccc12. The molecule has 4 aromatic carbocycles. The molecule has 0 unspecified atom stereocenters. The van der Waals surface area contributed by atoms with E-state index in [1.54, 1.807) is 4.90 Å². The summed E-state index contributed by atoms with van der Waals surface area (Å²) in [4.78, 5) is 21.1. The van der Waals surface area contributed by atoms with Gasteiger partial charge in [0.1, 0.15) is 5.75 Å². The normalized spacial score (nSPS) is 16.9. The Bertz CT molecular complexity index is 1410. The van der Waals surface area contributed by atoms with Crippen molar-refractivity contribution in [3.63, 3.8) is 0 Å². The maximum atomic E-state index is 13.8. The second-order valence-corrected chi connectivity index (χ2v) is 9.24. The van der Waals surface area contributed by atoms with Gasteiger partial charge in [0, 0.05) is 5.39 Å². The number of nitrogens with zero attached hydrogens (tertiary/aromatic N) is 2. The van der Waals surface area contributed by atoms with Crippen LogP contribution in [0.5, 0.6) is 5.75 Å². The average molecular weight is 479 g/mol. The van der Waals surface area contributed by atoms with Crippen molar-refractivity contribution >= 4 is 45.4 Å². The number of rotatable bonds is 6. The third-order valence-corrected chi connectivity index (χ3v) is 6.97. The van der Waals surface area contributed by atoms with Gasteiger partial charge in [-0.15, -0.1) is 0 Å². The Balaban J connectivity index is 1.59. The molecule has 0 radical (unpaired) electrons. The zero-order chi connectivity index (χ0) is 24.2. The number of para-hydroxylation sites is 1. The highest BCUT2D eigenvalue weighted by Gasteiger charge is 2.37. The molecule has 4 nitrogen and oxygen atoms in total. The molecule has 0 N–H and O–H groups in total. The number of hydrogen-bond donors (Lipinski definition) is 0. The monoisotopic (exact) mass is 478 g/mol. The van der Waals surface area contributed by atoms with Gasteiger partial charge in [-0.3, -0.25) is 9.69 Å². The van der Waals surface area contributed by atoms with Crippen LogP contribution < -0.4 is 4.74 Å². The third-order valence-electron chi connectivity index (χ3n) is 5.99. The minimum Gasteiger partial charge on any atom is -0.493 e. The summed E-state index contributed by atoms with van der Waals surface area (Å²) in [5.74, 6) is 0.806. The zero-order valence-electron chi connectivity index (χ0n) is 19.7. The standard InChI is InChI=1S/C30H26N2O2S/c1-3-34-27-19-18-23(25-16-10-11-17-26(25)27)20-28-29(33)32(21(2)22-12-6-4-7-13-22)30(35-28)31-24-14-8-5-9-15-24/h4-21H,3H2,1-2H3/b28-20+,31-30?/t21-/m0/s1. The Labute approximate surface area is 210 Å². The molecule has 5 heteroatoms. The van der Waals surface area contributed by atoms with Gasteiger partial charge in [0.2, 0.25) is 0 Å². The molecule has 0 aliphatic carbocycles. The fourth-order valence-corrected chi connectivity index (χ4v) is 5.30. The highest BCUT2D eigenvalue weighted by Crippen LogP contribution is 2.40. The third kappa shape index (κ3) is 4.73. The number of fused-ring (bicyclic) bond motifs is 1. The first-order chi connectivity index (χ1) is 17.2. The minimum atomic E-state index is -0.151. The van der Waals surface area contributed by atoms with Crippen LogP contribution in [0.25, 0.3) is 16.8 Å². The smallest absolute Gasteiger partial charge is 0.267 e. The van der Waals surface area contributed by atoms with Crippen molar-refractivity contribution in [2.45, 2.75) is 19.9 Å². The van der Waals surface area contributed by atoms with E-state index in [-0.39, 0.29) is 11.9 Å². The van der Waals surface area contributed by atoms with Crippen LogP contribution in [0.15, 0.2) is 107 Å². The van der Waals surface area contributed by atoms with Crippen molar-refractivity contribution in [2.75, 3.05) is 6.61 Å². The fraction of sp³-hybridized carbons (Fsp3) is 0.133. The van der Waals surface area contributed by atoms with Crippen molar-refractivity contribution in [3.8, 4) is 5.75 Å². The number of thioether (sulfide) groups is 1. The van der Waals surface area contributed by atoms with E-state index in [4.69, 9.17) is 9.73 Å². The molecule has 0 bridgehead atoms. The summed E-state index contributed by atoms with van der Waals surface area (Å²) < 4.78 is 5.83. The van der Waals surface area contributed by atoms with E-state index >= 15 is 0 Å². The van der Waals surface area contributed by atoms with E-state index in [9.17, 15) is 4.79 Å². The van der Waals surface area contributed by atoms with Crippen molar-refractivity contribution in [2.24, 2.45) is 4.99 Å². The summed E-state index contributed by atoms with van der Waals surface area (Å²) in [6, 6.07) is 31.8. The van der Waals surface area contributed by atoms with Crippen molar-refractivity contribution in [1.29, 1.82) is 0 Å². The summed E-state index contributed by atoms with van der Waals surface area (Å²) in [6.07, 6.45) is 1.98. The quantitative estimate of drug-likeness (QED) is 0.268. The highest BCUT2D eigenvalue weighted by molar-refractivity contribution is 8.18. The van der Waals surface area contributed by atoms with Gasteiger partial charge in [0.25, 0.3) is 5.91 Å². The Kier molecular flexibility index (Phi) is 6.68. The molecular weight excluding hydrogens is 452 g/mol. The Morgan fingerprint density at radius 1 is 0.886 bits per heavy atom. The Morgan fingerprint density at radius 2 is 1.54 bits per heavy atom. The summed E-state index contributed by atoms with van der Waals surface area (Å²) in [5, 5.41) is 2.77. The lowest BCUT2D eigenvalue weighted by molar-refractivity contribution is -0.123. The number of benzene rings is 4. The molecule has 0 saturated carbocycles. The van der Waals surface area contributed by atoms with Gasteiger partial charge in [-0.2, -0.15) is 0 Å². The molecular formula is C30H26N2O2S. The van der Waals surface area contributed by atoms with E-state index in [1.165, 1.54) is 11.8 Å². The number of carbonyl (C=O) groups is 1. The summed E-state index contributed by atoms with van der Waals surface area (Å²) in [5.41, 5.74) is 2.86. The number of aliphatic imine (C=N–C) groups is 1. The van der Waals surface area contributed by atoms with Crippen LogP contribution in [0.1, 0.15) is 31.0 Å². The molecule has 0 aromatic heterocycles. The van der Waals surface area contributed by atoms with Crippen LogP contribution in [0.3, 0.4) is 0 Å². The predicted molar refractivity (Wildman–Crippen MR) is 146 cm³/mol. The molecule has 1 atom stereocenters. The van der Waals surface area contributed by atoms with Crippen LogP contribution in [0, 0.1) is 0 Å². The van der Waals surface area contributed by atoms with E-state index < -0.39 is 0 Å². The van der Waals surface area contributed by atoms with Gasteiger partial charge in [-0.05, 0) is 66.4 Å². The summed E-state index contributed by atoms with van der Waals surface area (Å²) in [7, 11) is 0. The van der Waals surface area contributed by atoms with Crippen molar-refractivity contribution < 1.29 is 9.53 Å². The van der Waals surface area contributed by atoms with E-state index in [1.807, 2.05) is 105 Å². The number of hydrogen-bond acceptors (Lipinski definition) is 4. The maximum absolute atomic E-state index is 13.8. The Hall–Kier alpha value is -3.83. The van der Waals surface area contributed by atoms with Crippen LogP contribution in [0.4, 0.5) is 5.69 Å². The first-order valence-corrected chi connectivity index (χ1v) is 12.5. The number of carbonyl (C=O) groups excluding carboxylic acids is 1. The largest absolute Gasteiger partial charge is 0.493 e. The van der Waals surface area contributed by atoms with E-state index in [0.29, 0.717) is 16.7 Å². The molecule has 5 rings (SSSR count). The maximum Gasteiger partial charge on any atom is 0.267 e. The second kappa shape index (κ2) is 10.2. The summed E-state index contributed by atoms with van der Waals surface area (Å²) in [6.45, 7) is 4.63. The topological polar surface area (TPSA) is 41.9 Å². The highest BCUT2D eigenvalue weighted by atomic mass is 32.2. The first-order valence-electron chi connectivity index (χ1n) is 11.7. The Morgan fingerprint density at radius 3 is 2.26 bits per heavy atom. The van der Waals surface area contributed by atoms with Gasteiger partial charge in [0.15, 0.2) is 5.17 Å². The van der Waals surface area contributed by atoms with Crippen LogP contribution in [-0.4, -0.2) is 22.6 Å². The summed E-state index contributed by atoms with van der Waals surface area (Å²) >= 11 is 1.42. The lowest BCUT2D eigenvalue weighted by Gasteiger charge is -2.24. The fourth-order valence-electron chi connectivity index (χ4n) is 4.24. The molecule has 1 aliphatic heterocycles. The lowest BCUT2D eigenvalue weighted by Crippen LogP contribution is -2.32. The molecule has 1 heterocycles. The van der Waals surface area contributed by atoms with Crippen LogP contribution in [-0.2, 0) is 4.79 Å². The van der Waals surface area contributed by atoms with Gasteiger partial charge in [-0.1, -0.05) is 78.9 Å². The van der Waals surface area contributed by atoms with Gasteiger partial charge < -0.3 is 4.74 Å². The molecule has 1 saturated heterocycles. The lowest BCUT2D eigenvalue weighted by atomic mass is 10.0. The van der Waals surface area contributed by atoms with Crippen LogP contribution >= 0.6 is 11.8 Å². The van der Waals surface area contributed by atoms with Gasteiger partial charge in [0.05, 0.1) is 23.2 Å². The number of amidine groups is 1. The molecule has 1 aliphatic rings. The number of amides is 1. The van der Waals surface area contributed by atoms with E-state index in [2.05, 4.69) is 12.1 Å². The van der Waals surface area contributed by atoms with Crippen molar-refractivity contribution in [3.05, 3.63) is 113 Å². The molecule has 1 fully saturated rings. The second-order valence-electron chi connectivity index (χ2n) is 8.23. The predicted octanol–water partition coefficient (Wildman–Crippen LogP) is 7.60. The number of ether oxygens (including phenoxy) is 1. The van der Waals surface area contributed by atoms with Gasteiger partial charge >= 0.3 is 0 Å². The van der Waals surface area contributed by atoms with Crippen molar-refractivity contribution in [1.82, 2.24) is 4.90 Å². The van der Waals surface area contributed by atoms with Gasteiger partial charge in [-0.25, -0.2) is 4.99 Å². The van der Waals surface area contributed by atoms with Crippen LogP contribution in [0.2, 0.25) is 0 Å². The molecule has 4 aromatic rings. The zero-order valence-corrected chi connectivity index (χ0v) is 20.5. The first kappa shape index (κ1) is 22.9. The molecule has 35 heavy (non-hydrogen) atoms. The molecule has 1 amide bonds. The molecule has 174 valence electrons. The average Bonchev–Trinajstić information content (AvgIpc) is 3.20.